The Kier molecular flexibility index (Phi) is 4.80. The third-order valence-corrected chi connectivity index (χ3v) is 3.09. The number of carboxylic acids is 1. The number of carbonyl (C=O) groups is 1. The highest BCUT2D eigenvalue weighted by molar-refractivity contribution is 5.86. The van der Waals surface area contributed by atoms with Crippen LogP contribution < -0.4 is 4.90 Å². The van der Waals surface area contributed by atoms with Crippen molar-refractivity contribution in [3.05, 3.63) is 27.9 Å². The minimum absolute atomic E-state index is 0.0789. The summed E-state index contributed by atoms with van der Waals surface area (Å²) in [4.78, 5) is 26.9. The maximum absolute atomic E-state index is 11.0. The maximum atomic E-state index is 11.0. The Morgan fingerprint density at radius 3 is 2.47 bits per heavy atom. The van der Waals surface area contributed by atoms with Crippen LogP contribution in [0.1, 0.15) is 37.2 Å². The van der Waals surface area contributed by atoms with Crippen LogP contribution in [0.5, 0.6) is 0 Å². The topological polar surface area (TPSA) is 96.6 Å². The molecular weight excluding hydrogens is 250 g/mol. The average Bonchev–Trinajstić information content (AvgIpc) is 2.39. The standard InChI is InChI=1S/C12H17N3O4/c1-4-8(5-2)14(3)11-10(15(18)19)7-6-9(13-11)12(16)17/h6-8H,4-5H2,1-3H3,(H,16,17). The first kappa shape index (κ1) is 14.9. The number of aromatic nitrogens is 1. The monoisotopic (exact) mass is 267 g/mol. The van der Waals surface area contributed by atoms with Crippen molar-refractivity contribution in [2.75, 3.05) is 11.9 Å². The van der Waals surface area contributed by atoms with Gasteiger partial charge in [-0.05, 0) is 18.9 Å². The van der Waals surface area contributed by atoms with E-state index in [4.69, 9.17) is 5.11 Å². The summed E-state index contributed by atoms with van der Waals surface area (Å²) < 4.78 is 0. The summed E-state index contributed by atoms with van der Waals surface area (Å²) in [5, 5.41) is 19.9. The second-order valence-electron chi connectivity index (χ2n) is 4.18. The molecule has 0 amide bonds. The fourth-order valence-electron chi connectivity index (χ4n) is 1.97. The average molecular weight is 267 g/mol. The van der Waals surface area contributed by atoms with Gasteiger partial charge in [0.25, 0.3) is 0 Å². The van der Waals surface area contributed by atoms with Gasteiger partial charge in [0.1, 0.15) is 0 Å². The van der Waals surface area contributed by atoms with E-state index in [9.17, 15) is 14.9 Å². The predicted molar refractivity (Wildman–Crippen MR) is 70.6 cm³/mol. The zero-order valence-corrected chi connectivity index (χ0v) is 11.2. The SMILES string of the molecule is CCC(CC)N(C)c1nc(C(=O)O)ccc1[N+](=O)[O-]. The first-order valence-electron chi connectivity index (χ1n) is 6.03. The van der Waals surface area contributed by atoms with Crippen molar-refractivity contribution >= 4 is 17.5 Å². The van der Waals surface area contributed by atoms with Gasteiger partial charge in [0.05, 0.1) is 4.92 Å². The number of pyridine rings is 1. The number of aromatic carboxylic acids is 1. The van der Waals surface area contributed by atoms with Crippen LogP contribution in [-0.2, 0) is 0 Å². The van der Waals surface area contributed by atoms with Crippen molar-refractivity contribution in [2.24, 2.45) is 0 Å². The third-order valence-electron chi connectivity index (χ3n) is 3.09. The third kappa shape index (κ3) is 3.18. The molecule has 0 atom stereocenters. The lowest BCUT2D eigenvalue weighted by molar-refractivity contribution is -0.384. The molecule has 104 valence electrons. The number of hydrogen-bond acceptors (Lipinski definition) is 5. The molecule has 0 aliphatic heterocycles. The molecular formula is C12H17N3O4. The molecule has 0 fully saturated rings. The highest BCUT2D eigenvalue weighted by Gasteiger charge is 2.24. The summed E-state index contributed by atoms with van der Waals surface area (Å²) in [5.74, 6) is -1.10. The van der Waals surface area contributed by atoms with Crippen molar-refractivity contribution in [3.63, 3.8) is 0 Å². The molecule has 19 heavy (non-hydrogen) atoms. The van der Waals surface area contributed by atoms with Crippen LogP contribution in [0.2, 0.25) is 0 Å². The van der Waals surface area contributed by atoms with E-state index in [0.717, 1.165) is 18.9 Å². The Labute approximate surface area is 111 Å². The van der Waals surface area contributed by atoms with Gasteiger partial charge in [0, 0.05) is 19.2 Å². The fraction of sp³-hybridized carbons (Fsp3) is 0.500. The van der Waals surface area contributed by atoms with Crippen LogP contribution in [0.3, 0.4) is 0 Å². The Bertz CT molecular complexity index is 486. The Morgan fingerprint density at radius 1 is 1.47 bits per heavy atom. The molecule has 0 bridgehead atoms. The van der Waals surface area contributed by atoms with E-state index in [1.165, 1.54) is 6.07 Å². The number of hydrogen-bond donors (Lipinski definition) is 1. The molecule has 0 aliphatic rings. The van der Waals surface area contributed by atoms with Gasteiger partial charge in [-0.1, -0.05) is 13.8 Å². The molecule has 0 aliphatic carbocycles. The molecule has 7 heteroatoms. The van der Waals surface area contributed by atoms with E-state index < -0.39 is 10.9 Å². The number of anilines is 1. The van der Waals surface area contributed by atoms with E-state index in [0.29, 0.717) is 0 Å². The zero-order valence-electron chi connectivity index (χ0n) is 11.2. The highest BCUT2D eigenvalue weighted by atomic mass is 16.6. The molecule has 1 aromatic heterocycles. The van der Waals surface area contributed by atoms with Crippen molar-refractivity contribution in [2.45, 2.75) is 32.7 Å². The first-order chi connectivity index (χ1) is 8.92. The molecule has 1 aromatic rings. The number of nitrogens with zero attached hydrogens (tertiary/aromatic N) is 3. The molecule has 1 heterocycles. The molecule has 1 rings (SSSR count). The number of rotatable bonds is 6. The zero-order chi connectivity index (χ0) is 14.6. The van der Waals surface area contributed by atoms with E-state index in [2.05, 4.69) is 4.98 Å². The first-order valence-corrected chi connectivity index (χ1v) is 6.03. The smallest absolute Gasteiger partial charge is 0.354 e. The summed E-state index contributed by atoms with van der Waals surface area (Å²) >= 11 is 0. The second-order valence-corrected chi connectivity index (χ2v) is 4.18. The summed E-state index contributed by atoms with van der Waals surface area (Å²) in [6, 6.07) is 2.41. The minimum Gasteiger partial charge on any atom is -0.477 e. The van der Waals surface area contributed by atoms with E-state index >= 15 is 0 Å². The molecule has 0 unspecified atom stereocenters. The Morgan fingerprint density at radius 2 is 2.05 bits per heavy atom. The molecule has 0 saturated heterocycles. The van der Waals surface area contributed by atoms with Gasteiger partial charge in [0.15, 0.2) is 5.69 Å². The van der Waals surface area contributed by atoms with Crippen molar-refractivity contribution in [1.82, 2.24) is 4.98 Å². The lowest BCUT2D eigenvalue weighted by Gasteiger charge is -2.26. The van der Waals surface area contributed by atoms with Gasteiger partial charge in [-0.15, -0.1) is 0 Å². The lowest BCUT2D eigenvalue weighted by atomic mass is 10.1. The Hall–Kier alpha value is -2.18. The fourth-order valence-corrected chi connectivity index (χ4v) is 1.97. The second kappa shape index (κ2) is 6.12. The highest BCUT2D eigenvalue weighted by Crippen LogP contribution is 2.28. The van der Waals surface area contributed by atoms with Crippen molar-refractivity contribution in [3.8, 4) is 0 Å². The van der Waals surface area contributed by atoms with E-state index in [1.54, 1.807) is 11.9 Å². The predicted octanol–water partition coefficient (Wildman–Crippen LogP) is 2.31. The molecule has 0 radical (unpaired) electrons. The molecule has 7 nitrogen and oxygen atoms in total. The maximum Gasteiger partial charge on any atom is 0.354 e. The van der Waals surface area contributed by atoms with Gasteiger partial charge in [-0.25, -0.2) is 9.78 Å². The number of nitro groups is 1. The molecule has 0 spiro atoms. The van der Waals surface area contributed by atoms with Crippen LogP contribution in [0.25, 0.3) is 0 Å². The van der Waals surface area contributed by atoms with Gasteiger partial charge in [-0.2, -0.15) is 0 Å². The summed E-state index contributed by atoms with van der Waals surface area (Å²) in [6.07, 6.45) is 1.59. The normalized spacial score (nSPS) is 10.5. The van der Waals surface area contributed by atoms with Gasteiger partial charge >= 0.3 is 11.7 Å². The van der Waals surface area contributed by atoms with Crippen molar-refractivity contribution in [1.29, 1.82) is 0 Å². The van der Waals surface area contributed by atoms with Crippen LogP contribution in [0.15, 0.2) is 12.1 Å². The summed E-state index contributed by atoms with van der Waals surface area (Å²) in [5.41, 5.74) is -0.377. The quantitative estimate of drug-likeness (QED) is 0.627. The van der Waals surface area contributed by atoms with E-state index in [-0.39, 0.29) is 23.2 Å². The molecule has 0 aromatic carbocycles. The molecule has 0 saturated carbocycles. The summed E-state index contributed by atoms with van der Waals surface area (Å²) in [7, 11) is 1.69. The largest absolute Gasteiger partial charge is 0.477 e. The lowest BCUT2D eigenvalue weighted by Crippen LogP contribution is -2.32. The summed E-state index contributed by atoms with van der Waals surface area (Å²) in [6.45, 7) is 3.94. The van der Waals surface area contributed by atoms with Gasteiger partial charge < -0.3 is 10.0 Å². The van der Waals surface area contributed by atoms with Crippen LogP contribution in [0.4, 0.5) is 11.5 Å². The van der Waals surface area contributed by atoms with E-state index in [1.807, 2.05) is 13.8 Å². The van der Waals surface area contributed by atoms with Gasteiger partial charge in [0.2, 0.25) is 5.82 Å². The number of carboxylic acid groups (broad SMARTS) is 1. The van der Waals surface area contributed by atoms with Crippen LogP contribution in [-0.4, -0.2) is 34.1 Å². The minimum atomic E-state index is -1.20. The van der Waals surface area contributed by atoms with Crippen molar-refractivity contribution < 1.29 is 14.8 Å². The molecule has 1 N–H and O–H groups in total. The van der Waals surface area contributed by atoms with Crippen LogP contribution >= 0.6 is 0 Å². The van der Waals surface area contributed by atoms with Crippen LogP contribution in [0, 0.1) is 10.1 Å². The van der Waals surface area contributed by atoms with Gasteiger partial charge in [-0.3, -0.25) is 10.1 Å². The Balaban J connectivity index is 3.31.